The largest absolute Gasteiger partial charge is 0.503 e. The molecule has 1 unspecified atom stereocenters. The summed E-state index contributed by atoms with van der Waals surface area (Å²) in [6.45, 7) is 5.61. The standard InChI is InChI=1S/C22H23NO3/c1-4-15-10-12-17(13-11-15)23-19(16-8-6-5-7-9-16)18(20(24)14(2)3)21(25)22(23)26/h5-14,19,25H,4H2,1-3H3. The third-order valence-electron chi connectivity index (χ3n) is 4.74. The minimum atomic E-state index is -0.619. The second-order valence-corrected chi connectivity index (χ2v) is 6.79. The molecule has 0 radical (unpaired) electrons. The summed E-state index contributed by atoms with van der Waals surface area (Å²) < 4.78 is 0. The molecule has 4 heteroatoms. The lowest BCUT2D eigenvalue weighted by atomic mass is 9.91. The molecule has 26 heavy (non-hydrogen) atoms. The maximum Gasteiger partial charge on any atom is 0.294 e. The van der Waals surface area contributed by atoms with Crippen LogP contribution in [0.25, 0.3) is 0 Å². The van der Waals surface area contributed by atoms with Gasteiger partial charge in [0.05, 0.1) is 11.6 Å². The first kappa shape index (κ1) is 17.9. The lowest BCUT2D eigenvalue weighted by Crippen LogP contribution is -2.31. The van der Waals surface area contributed by atoms with Crippen molar-refractivity contribution in [2.75, 3.05) is 4.90 Å². The number of hydrogen-bond acceptors (Lipinski definition) is 3. The van der Waals surface area contributed by atoms with Crippen LogP contribution in [0, 0.1) is 5.92 Å². The number of rotatable bonds is 5. The van der Waals surface area contributed by atoms with E-state index >= 15 is 0 Å². The molecule has 0 spiro atoms. The molecule has 0 saturated heterocycles. The zero-order valence-corrected chi connectivity index (χ0v) is 15.3. The van der Waals surface area contributed by atoms with Gasteiger partial charge in [0, 0.05) is 11.6 Å². The number of carbonyl (C=O) groups excluding carboxylic acids is 2. The van der Waals surface area contributed by atoms with Crippen LogP contribution in [0.2, 0.25) is 0 Å². The molecule has 0 fully saturated rings. The third kappa shape index (κ3) is 3.03. The Morgan fingerprint density at radius 2 is 1.69 bits per heavy atom. The van der Waals surface area contributed by atoms with E-state index < -0.39 is 17.7 Å². The van der Waals surface area contributed by atoms with Crippen LogP contribution < -0.4 is 4.90 Å². The van der Waals surface area contributed by atoms with E-state index in [0.717, 1.165) is 17.5 Å². The maximum absolute atomic E-state index is 12.8. The molecular formula is C22H23NO3. The van der Waals surface area contributed by atoms with Gasteiger partial charge >= 0.3 is 0 Å². The number of aliphatic hydroxyl groups excluding tert-OH is 1. The Morgan fingerprint density at radius 3 is 2.23 bits per heavy atom. The number of Topliss-reactive ketones (excluding diaryl/α,β-unsaturated/α-hetero) is 1. The van der Waals surface area contributed by atoms with Gasteiger partial charge in [-0.25, -0.2) is 0 Å². The van der Waals surface area contributed by atoms with E-state index in [4.69, 9.17) is 0 Å². The molecule has 0 bridgehead atoms. The number of hydrogen-bond donors (Lipinski definition) is 1. The number of ketones is 1. The summed E-state index contributed by atoms with van der Waals surface area (Å²) in [6, 6.07) is 16.4. The summed E-state index contributed by atoms with van der Waals surface area (Å²) in [4.78, 5) is 27.1. The van der Waals surface area contributed by atoms with Gasteiger partial charge in [-0.2, -0.15) is 0 Å². The van der Waals surface area contributed by atoms with Crippen molar-refractivity contribution in [3.8, 4) is 0 Å². The molecule has 0 aliphatic carbocycles. The lowest BCUT2D eigenvalue weighted by Gasteiger charge is -2.27. The highest BCUT2D eigenvalue weighted by Crippen LogP contribution is 2.41. The molecule has 134 valence electrons. The van der Waals surface area contributed by atoms with Gasteiger partial charge in [-0.3, -0.25) is 14.5 Å². The van der Waals surface area contributed by atoms with Gasteiger partial charge in [0.15, 0.2) is 11.5 Å². The van der Waals surface area contributed by atoms with E-state index in [1.54, 1.807) is 13.8 Å². The van der Waals surface area contributed by atoms with Crippen LogP contribution >= 0.6 is 0 Å². The molecule has 0 saturated carbocycles. The SMILES string of the molecule is CCc1ccc(N2C(=O)C(O)=C(C(=O)C(C)C)C2c2ccccc2)cc1. The predicted octanol–water partition coefficient (Wildman–Crippen LogP) is 4.37. The summed E-state index contributed by atoms with van der Waals surface area (Å²) in [7, 11) is 0. The highest BCUT2D eigenvalue weighted by atomic mass is 16.3. The van der Waals surface area contributed by atoms with E-state index in [1.165, 1.54) is 4.90 Å². The van der Waals surface area contributed by atoms with Gasteiger partial charge < -0.3 is 5.11 Å². The molecule has 2 aromatic carbocycles. The molecular weight excluding hydrogens is 326 g/mol. The zero-order chi connectivity index (χ0) is 18.8. The number of nitrogens with zero attached hydrogens (tertiary/aromatic N) is 1. The highest BCUT2D eigenvalue weighted by Gasteiger charge is 2.44. The number of anilines is 1. The van der Waals surface area contributed by atoms with Crippen molar-refractivity contribution in [3.63, 3.8) is 0 Å². The van der Waals surface area contributed by atoms with Crippen LogP contribution in [-0.4, -0.2) is 16.8 Å². The molecule has 4 nitrogen and oxygen atoms in total. The van der Waals surface area contributed by atoms with Crippen LogP contribution in [0.3, 0.4) is 0 Å². The average molecular weight is 349 g/mol. The van der Waals surface area contributed by atoms with Gasteiger partial charge in [-0.1, -0.05) is 63.2 Å². The maximum atomic E-state index is 12.8. The quantitative estimate of drug-likeness (QED) is 0.872. The Hall–Kier alpha value is -2.88. The molecule has 1 aliphatic heterocycles. The smallest absolute Gasteiger partial charge is 0.294 e. The Morgan fingerprint density at radius 1 is 1.08 bits per heavy atom. The molecule has 3 rings (SSSR count). The normalized spacial score (nSPS) is 17.3. The summed E-state index contributed by atoms with van der Waals surface area (Å²) in [5.74, 6) is -1.50. The second kappa shape index (κ2) is 7.16. The molecule has 1 atom stereocenters. The van der Waals surface area contributed by atoms with Crippen LogP contribution in [0.5, 0.6) is 0 Å². The van der Waals surface area contributed by atoms with Crippen molar-refractivity contribution in [2.24, 2.45) is 5.92 Å². The van der Waals surface area contributed by atoms with Gasteiger partial charge in [0.1, 0.15) is 0 Å². The summed E-state index contributed by atoms with van der Waals surface area (Å²) in [6.07, 6.45) is 0.900. The number of aliphatic hydroxyl groups is 1. The molecule has 0 aromatic heterocycles. The van der Waals surface area contributed by atoms with Crippen LogP contribution in [0.4, 0.5) is 5.69 Å². The lowest BCUT2D eigenvalue weighted by molar-refractivity contribution is -0.119. The fourth-order valence-corrected chi connectivity index (χ4v) is 3.28. The predicted molar refractivity (Wildman–Crippen MR) is 102 cm³/mol. The van der Waals surface area contributed by atoms with Crippen LogP contribution in [-0.2, 0) is 16.0 Å². The first-order valence-electron chi connectivity index (χ1n) is 8.90. The van der Waals surface area contributed by atoms with Crippen LogP contribution in [0.1, 0.15) is 37.9 Å². The molecule has 1 N–H and O–H groups in total. The Balaban J connectivity index is 2.14. The molecule has 1 amide bonds. The van der Waals surface area contributed by atoms with Crippen molar-refractivity contribution in [1.29, 1.82) is 0 Å². The average Bonchev–Trinajstić information content (AvgIpc) is 2.93. The summed E-state index contributed by atoms with van der Waals surface area (Å²) in [5, 5.41) is 10.5. The molecule has 1 heterocycles. The first-order chi connectivity index (χ1) is 12.5. The summed E-state index contributed by atoms with van der Waals surface area (Å²) >= 11 is 0. The Bertz CT molecular complexity index is 851. The second-order valence-electron chi connectivity index (χ2n) is 6.79. The van der Waals surface area contributed by atoms with E-state index in [9.17, 15) is 14.7 Å². The third-order valence-corrected chi connectivity index (χ3v) is 4.74. The van der Waals surface area contributed by atoms with Gasteiger partial charge in [-0.05, 0) is 29.7 Å². The van der Waals surface area contributed by atoms with Gasteiger partial charge in [-0.15, -0.1) is 0 Å². The fourth-order valence-electron chi connectivity index (χ4n) is 3.28. The minimum Gasteiger partial charge on any atom is -0.503 e. The van der Waals surface area contributed by atoms with Crippen molar-refractivity contribution >= 4 is 17.4 Å². The van der Waals surface area contributed by atoms with E-state index in [-0.39, 0.29) is 17.3 Å². The van der Waals surface area contributed by atoms with Crippen molar-refractivity contribution in [3.05, 3.63) is 77.1 Å². The Kier molecular flexibility index (Phi) is 4.94. The van der Waals surface area contributed by atoms with Crippen molar-refractivity contribution < 1.29 is 14.7 Å². The number of amides is 1. The molecule has 1 aliphatic rings. The van der Waals surface area contributed by atoms with Crippen molar-refractivity contribution in [1.82, 2.24) is 0 Å². The zero-order valence-electron chi connectivity index (χ0n) is 15.3. The van der Waals surface area contributed by atoms with Gasteiger partial charge in [0.25, 0.3) is 5.91 Å². The topological polar surface area (TPSA) is 57.6 Å². The van der Waals surface area contributed by atoms with Gasteiger partial charge in [0.2, 0.25) is 0 Å². The Labute approximate surface area is 153 Å². The number of carbonyl (C=O) groups is 2. The van der Waals surface area contributed by atoms with Crippen LogP contribution in [0.15, 0.2) is 65.9 Å². The fraction of sp³-hybridized carbons (Fsp3) is 0.273. The number of benzene rings is 2. The van der Waals surface area contributed by atoms with E-state index in [0.29, 0.717) is 5.69 Å². The molecule has 2 aromatic rings. The first-order valence-corrected chi connectivity index (χ1v) is 8.90. The highest BCUT2D eigenvalue weighted by molar-refractivity contribution is 6.16. The number of aryl methyl sites for hydroxylation is 1. The minimum absolute atomic E-state index is 0.177. The van der Waals surface area contributed by atoms with Crippen molar-refractivity contribution in [2.45, 2.75) is 33.2 Å². The summed E-state index contributed by atoms with van der Waals surface area (Å²) in [5.41, 5.74) is 2.80. The van der Waals surface area contributed by atoms with E-state index in [1.807, 2.05) is 54.6 Å². The van der Waals surface area contributed by atoms with E-state index in [2.05, 4.69) is 6.92 Å². The monoisotopic (exact) mass is 349 g/mol.